The third-order valence-corrected chi connectivity index (χ3v) is 7.28. The lowest BCUT2D eigenvalue weighted by molar-refractivity contribution is -0.481. The van der Waals surface area contributed by atoms with Crippen LogP contribution in [-0.2, 0) is 11.2 Å². The number of carbonyl (C=O) groups is 1. The number of rotatable bonds is 4. The molecule has 0 aromatic heterocycles. The highest BCUT2D eigenvalue weighted by Crippen LogP contribution is 2.26. The van der Waals surface area contributed by atoms with E-state index in [-0.39, 0.29) is 18.0 Å². The molecule has 3 unspecified atom stereocenters. The number of alkyl halides is 1. The summed E-state index contributed by atoms with van der Waals surface area (Å²) in [5.41, 5.74) is 5.72. The summed E-state index contributed by atoms with van der Waals surface area (Å²) in [6.07, 6.45) is 20.1. The van der Waals surface area contributed by atoms with Crippen LogP contribution in [0.3, 0.4) is 0 Å². The second-order valence-electron chi connectivity index (χ2n) is 9.82. The average Bonchev–Trinajstić information content (AvgIpc) is 3.17. The van der Waals surface area contributed by atoms with Crippen molar-refractivity contribution in [3.05, 3.63) is 87.5 Å². The van der Waals surface area contributed by atoms with Gasteiger partial charge in [0.2, 0.25) is 0 Å². The number of anilines is 1. The molecule has 0 saturated heterocycles. The quantitative estimate of drug-likeness (QED) is 0.747. The maximum atomic E-state index is 13.7. The Morgan fingerprint density at radius 2 is 2.00 bits per heavy atom. The topological polar surface area (TPSA) is 46.6 Å². The van der Waals surface area contributed by atoms with Gasteiger partial charge in [-0.1, -0.05) is 60.2 Å². The molecule has 1 aromatic carbocycles. The van der Waals surface area contributed by atoms with Crippen molar-refractivity contribution in [2.75, 3.05) is 4.90 Å². The number of nitrogens with one attached hydrogen (secondary N) is 1. The summed E-state index contributed by atoms with van der Waals surface area (Å²) in [6, 6.07) is 3.67. The molecule has 0 fully saturated rings. The molecular weight excluding hydrogens is 425 g/mol. The smallest absolute Gasteiger partial charge is 0.264 e. The Bertz CT molecular complexity index is 1370. The molecule has 5 aliphatic rings. The zero-order valence-electron chi connectivity index (χ0n) is 19.4. The Hall–Kier alpha value is -3.34. The van der Waals surface area contributed by atoms with Gasteiger partial charge in [-0.25, -0.2) is 9.18 Å². The number of carbonyl (C=O) groups excluding carboxylic acids is 1. The van der Waals surface area contributed by atoms with Gasteiger partial charge in [-0.3, -0.25) is 9.98 Å². The van der Waals surface area contributed by atoms with Crippen molar-refractivity contribution in [3.63, 3.8) is 0 Å². The fraction of sp³-hybridized carbons (Fsp3) is 0.345. The Kier molecular flexibility index (Phi) is 5.28. The maximum absolute atomic E-state index is 13.7. The van der Waals surface area contributed by atoms with Gasteiger partial charge in [-0.05, 0) is 49.0 Å². The zero-order valence-corrected chi connectivity index (χ0v) is 19.4. The Morgan fingerprint density at radius 3 is 2.79 bits per heavy atom. The van der Waals surface area contributed by atoms with E-state index in [1.54, 1.807) is 6.08 Å². The predicted octanol–water partition coefficient (Wildman–Crippen LogP) is 2.45. The number of nitrogens with zero attached hydrogens (tertiary/aromatic N) is 2. The van der Waals surface area contributed by atoms with Crippen molar-refractivity contribution < 1.29 is 14.2 Å². The van der Waals surface area contributed by atoms with Gasteiger partial charge in [-0.2, -0.15) is 4.90 Å². The fourth-order valence-corrected chi connectivity index (χ4v) is 5.52. The number of halogens is 1. The first-order valence-corrected chi connectivity index (χ1v) is 12.3. The largest absolute Gasteiger partial charge is 0.359 e. The first kappa shape index (κ1) is 21.2. The summed E-state index contributed by atoms with van der Waals surface area (Å²) >= 11 is 0. The molecule has 34 heavy (non-hydrogen) atoms. The van der Waals surface area contributed by atoms with Crippen molar-refractivity contribution in [3.8, 4) is 0 Å². The summed E-state index contributed by atoms with van der Waals surface area (Å²) in [4.78, 5) is 24.4. The third kappa shape index (κ3) is 3.73. The normalized spacial score (nSPS) is 26.9. The van der Waals surface area contributed by atoms with Crippen LogP contribution in [0.2, 0.25) is 0 Å². The first-order chi connectivity index (χ1) is 16.6. The van der Waals surface area contributed by atoms with Crippen LogP contribution in [0.25, 0.3) is 6.08 Å². The molecule has 0 saturated carbocycles. The molecule has 1 amide bonds. The van der Waals surface area contributed by atoms with E-state index in [2.05, 4.69) is 54.4 Å². The van der Waals surface area contributed by atoms with Crippen LogP contribution in [0.15, 0.2) is 76.4 Å². The van der Waals surface area contributed by atoms with Crippen molar-refractivity contribution in [1.82, 2.24) is 0 Å². The predicted molar refractivity (Wildman–Crippen MR) is 133 cm³/mol. The van der Waals surface area contributed by atoms with E-state index in [1.165, 1.54) is 16.7 Å². The molecule has 0 radical (unpaired) electrons. The lowest BCUT2D eigenvalue weighted by atomic mass is 9.95. The molecule has 4 nitrogen and oxygen atoms in total. The lowest BCUT2D eigenvalue weighted by Crippen LogP contribution is -2.79. The van der Waals surface area contributed by atoms with Gasteiger partial charge in [-0.15, -0.1) is 0 Å². The van der Waals surface area contributed by atoms with Crippen molar-refractivity contribution in [2.45, 2.75) is 63.7 Å². The van der Waals surface area contributed by atoms with E-state index in [4.69, 9.17) is 4.99 Å². The second-order valence-corrected chi connectivity index (χ2v) is 9.82. The van der Waals surface area contributed by atoms with Gasteiger partial charge in [0.05, 0.1) is 0 Å². The first-order valence-electron chi connectivity index (χ1n) is 12.3. The van der Waals surface area contributed by atoms with E-state index >= 15 is 0 Å². The molecule has 1 aromatic rings. The monoisotopic (exact) mass is 454 g/mol. The van der Waals surface area contributed by atoms with E-state index in [1.807, 2.05) is 17.1 Å². The second kappa shape index (κ2) is 8.46. The average molecular weight is 455 g/mol. The minimum Gasteiger partial charge on any atom is -0.264 e. The highest BCUT2D eigenvalue weighted by Gasteiger charge is 2.49. The number of amidine groups is 1. The van der Waals surface area contributed by atoms with E-state index in [0.29, 0.717) is 12.8 Å². The van der Waals surface area contributed by atoms with Gasteiger partial charge in [0.15, 0.2) is 17.8 Å². The minimum absolute atomic E-state index is 0.0449. The number of hydrogen-bond donors (Lipinski definition) is 1. The molecule has 1 N–H and O–H groups in total. The Morgan fingerprint density at radius 1 is 1.12 bits per heavy atom. The molecule has 3 atom stereocenters. The van der Waals surface area contributed by atoms with Crippen LogP contribution in [0.4, 0.5) is 10.1 Å². The summed E-state index contributed by atoms with van der Waals surface area (Å²) in [5.74, 6) is 0.914. The van der Waals surface area contributed by atoms with Crippen LogP contribution in [0.1, 0.15) is 44.6 Å². The molecule has 6 rings (SSSR count). The fourth-order valence-electron chi connectivity index (χ4n) is 5.52. The Labute approximate surface area is 199 Å². The minimum atomic E-state index is -0.927. The SMILES string of the molecule is CC1=CC=c2c(ccc3c2=NC(CC2=CCCC=C2)C2=[NH+]C(CC4=CCC(F)C=C4)C(=O)N23)C1. The van der Waals surface area contributed by atoms with E-state index < -0.39 is 6.17 Å². The van der Waals surface area contributed by atoms with Crippen LogP contribution in [0, 0.1) is 0 Å². The zero-order chi connectivity index (χ0) is 23.2. The summed E-state index contributed by atoms with van der Waals surface area (Å²) in [5, 5.41) is 2.05. The number of amides is 1. The summed E-state index contributed by atoms with van der Waals surface area (Å²) < 4.78 is 13.5. The molecule has 0 bridgehead atoms. The highest BCUT2D eigenvalue weighted by atomic mass is 19.1. The van der Waals surface area contributed by atoms with Gasteiger partial charge < -0.3 is 0 Å². The molecule has 2 aliphatic heterocycles. The van der Waals surface area contributed by atoms with Crippen molar-refractivity contribution >= 4 is 23.5 Å². The molecule has 5 heteroatoms. The number of allylic oxidation sites excluding steroid dienone is 8. The highest BCUT2D eigenvalue weighted by molar-refractivity contribution is 6.21. The van der Waals surface area contributed by atoms with Crippen LogP contribution in [-0.4, -0.2) is 30.0 Å². The van der Waals surface area contributed by atoms with Crippen LogP contribution < -0.4 is 20.5 Å². The maximum Gasteiger partial charge on any atom is 0.359 e. The Balaban J connectivity index is 1.43. The number of fused-ring (bicyclic) bond motifs is 5. The molecule has 2 heterocycles. The van der Waals surface area contributed by atoms with Gasteiger partial charge in [0.1, 0.15) is 11.5 Å². The molecule has 3 aliphatic carbocycles. The van der Waals surface area contributed by atoms with Gasteiger partial charge >= 0.3 is 5.91 Å². The van der Waals surface area contributed by atoms with Gasteiger partial charge in [0, 0.05) is 24.5 Å². The van der Waals surface area contributed by atoms with Gasteiger partial charge in [0.25, 0.3) is 5.84 Å². The molecule has 0 spiro atoms. The van der Waals surface area contributed by atoms with Crippen molar-refractivity contribution in [2.24, 2.45) is 4.99 Å². The number of hydrogen-bond acceptors (Lipinski definition) is 2. The number of benzene rings is 1. The van der Waals surface area contributed by atoms with Crippen molar-refractivity contribution in [1.29, 1.82) is 0 Å². The summed E-state index contributed by atoms with van der Waals surface area (Å²) in [6.45, 7) is 2.14. The molecule has 172 valence electrons. The summed E-state index contributed by atoms with van der Waals surface area (Å²) in [7, 11) is 0. The van der Waals surface area contributed by atoms with E-state index in [0.717, 1.165) is 53.4 Å². The molecular formula is C29H29FN3O+. The van der Waals surface area contributed by atoms with E-state index in [9.17, 15) is 9.18 Å². The standard InChI is InChI=1S/C29H28FN3O/c1-18-7-13-23-21(15-18)10-14-26-27(23)31-24(16-19-5-3-2-4-6-19)28-32-25(29(34)33(26)28)17-20-8-11-22(30)12-9-20/h3,5-11,13-14,22,24-25H,2,4,12,15-17H2,1H3/p+1. The third-order valence-electron chi connectivity index (χ3n) is 7.28. The van der Waals surface area contributed by atoms with Crippen LogP contribution >= 0.6 is 0 Å². The lowest BCUT2D eigenvalue weighted by Gasteiger charge is -2.23. The van der Waals surface area contributed by atoms with Crippen LogP contribution in [0.5, 0.6) is 0 Å².